The molecule has 0 atom stereocenters. The summed E-state index contributed by atoms with van der Waals surface area (Å²) in [7, 11) is 0. The van der Waals surface area contributed by atoms with Crippen molar-refractivity contribution in [3.8, 4) is 5.82 Å². The van der Waals surface area contributed by atoms with Crippen LogP contribution >= 0.6 is 0 Å². The molecule has 1 saturated heterocycles. The lowest BCUT2D eigenvalue weighted by Crippen LogP contribution is -2.44. The lowest BCUT2D eigenvalue weighted by molar-refractivity contribution is -0.126. The quantitative estimate of drug-likeness (QED) is 0.675. The number of nitrogens with one attached hydrogen (secondary N) is 1. The standard InChI is InChI=1S/C24H29N5O3/c1-24(2,3)32-23(31)28-12-10-18(11-13-28)22(30)26-15-17-8-9-21(25-14-17)29-16-27-19-6-4-5-7-20(19)29/h4-9,14,16,18H,10-13,15H2,1-3H3,(H,26,30). The molecule has 0 bridgehead atoms. The molecule has 3 aromatic rings. The van der Waals surface area contributed by atoms with Gasteiger partial charge in [-0.1, -0.05) is 18.2 Å². The number of hydrogen-bond donors (Lipinski definition) is 1. The van der Waals surface area contributed by atoms with E-state index >= 15 is 0 Å². The van der Waals surface area contributed by atoms with Gasteiger partial charge in [0.1, 0.15) is 17.7 Å². The van der Waals surface area contributed by atoms with Gasteiger partial charge in [0.15, 0.2) is 0 Å². The zero-order chi connectivity index (χ0) is 22.7. The molecule has 1 aliphatic rings. The molecule has 1 fully saturated rings. The lowest BCUT2D eigenvalue weighted by Gasteiger charge is -2.32. The predicted molar refractivity (Wildman–Crippen MR) is 121 cm³/mol. The number of hydrogen-bond acceptors (Lipinski definition) is 5. The maximum atomic E-state index is 12.6. The number of fused-ring (bicyclic) bond motifs is 1. The molecule has 1 aromatic carbocycles. The highest BCUT2D eigenvalue weighted by Gasteiger charge is 2.29. The van der Waals surface area contributed by atoms with Crippen LogP contribution in [0.5, 0.6) is 0 Å². The minimum absolute atomic E-state index is 0.0125. The van der Waals surface area contributed by atoms with E-state index in [1.54, 1.807) is 17.4 Å². The van der Waals surface area contributed by atoms with Gasteiger partial charge in [-0.15, -0.1) is 0 Å². The largest absolute Gasteiger partial charge is 0.444 e. The highest BCUT2D eigenvalue weighted by molar-refractivity contribution is 5.79. The van der Waals surface area contributed by atoms with Gasteiger partial charge < -0.3 is 15.0 Å². The normalized spacial score (nSPS) is 15.0. The zero-order valence-corrected chi connectivity index (χ0v) is 18.7. The second-order valence-electron chi connectivity index (χ2n) is 9.09. The number of nitrogens with zero attached hydrogens (tertiary/aromatic N) is 4. The van der Waals surface area contributed by atoms with E-state index in [-0.39, 0.29) is 17.9 Å². The highest BCUT2D eigenvalue weighted by atomic mass is 16.6. The van der Waals surface area contributed by atoms with E-state index in [9.17, 15) is 9.59 Å². The summed E-state index contributed by atoms with van der Waals surface area (Å²) in [6, 6.07) is 11.8. The first-order chi connectivity index (χ1) is 15.3. The molecule has 0 saturated carbocycles. The van der Waals surface area contributed by atoms with Crippen molar-refractivity contribution in [3.05, 3.63) is 54.5 Å². The summed E-state index contributed by atoms with van der Waals surface area (Å²) in [4.78, 5) is 35.4. The Morgan fingerprint density at radius 2 is 1.84 bits per heavy atom. The summed E-state index contributed by atoms with van der Waals surface area (Å²) < 4.78 is 7.35. The topological polar surface area (TPSA) is 89.4 Å². The van der Waals surface area contributed by atoms with Gasteiger partial charge in [0.2, 0.25) is 5.91 Å². The van der Waals surface area contributed by atoms with Crippen LogP contribution in [-0.2, 0) is 16.1 Å². The summed E-state index contributed by atoms with van der Waals surface area (Å²) in [6.07, 6.45) is 4.49. The number of carbonyl (C=O) groups excluding carboxylic acids is 2. The zero-order valence-electron chi connectivity index (χ0n) is 18.7. The third-order valence-corrected chi connectivity index (χ3v) is 5.49. The fourth-order valence-electron chi connectivity index (χ4n) is 3.79. The van der Waals surface area contributed by atoms with Crippen molar-refractivity contribution < 1.29 is 14.3 Å². The number of likely N-dealkylation sites (tertiary alicyclic amines) is 1. The van der Waals surface area contributed by atoms with Crippen LogP contribution < -0.4 is 5.32 Å². The predicted octanol–water partition coefficient (Wildman–Crippen LogP) is 3.68. The number of carbonyl (C=O) groups is 2. The number of benzene rings is 1. The van der Waals surface area contributed by atoms with Crippen molar-refractivity contribution in [2.45, 2.75) is 45.8 Å². The van der Waals surface area contributed by atoms with E-state index in [0.717, 1.165) is 22.4 Å². The number of imidazole rings is 1. The summed E-state index contributed by atoms with van der Waals surface area (Å²) in [6.45, 7) is 7.03. The maximum absolute atomic E-state index is 12.6. The minimum atomic E-state index is -0.514. The van der Waals surface area contributed by atoms with Crippen LogP contribution in [0.25, 0.3) is 16.9 Å². The van der Waals surface area contributed by atoms with Crippen molar-refractivity contribution in [1.29, 1.82) is 0 Å². The summed E-state index contributed by atoms with van der Waals surface area (Å²) >= 11 is 0. The minimum Gasteiger partial charge on any atom is -0.444 e. The van der Waals surface area contributed by atoms with Gasteiger partial charge >= 0.3 is 6.09 Å². The summed E-state index contributed by atoms with van der Waals surface area (Å²) in [5.41, 5.74) is 2.33. The number of rotatable bonds is 4. The Morgan fingerprint density at radius 3 is 2.53 bits per heavy atom. The molecule has 1 N–H and O–H groups in total. The smallest absolute Gasteiger partial charge is 0.410 e. The lowest BCUT2D eigenvalue weighted by atomic mass is 9.96. The molecular formula is C24H29N5O3. The van der Waals surface area contributed by atoms with E-state index in [2.05, 4.69) is 15.3 Å². The number of para-hydroxylation sites is 2. The molecule has 1 aliphatic heterocycles. The number of amides is 2. The van der Waals surface area contributed by atoms with Crippen LogP contribution in [0, 0.1) is 5.92 Å². The first-order valence-corrected chi connectivity index (χ1v) is 10.9. The number of ether oxygens (including phenoxy) is 1. The van der Waals surface area contributed by atoms with Crippen LogP contribution in [0.4, 0.5) is 4.79 Å². The van der Waals surface area contributed by atoms with Gasteiger partial charge in [-0.2, -0.15) is 0 Å². The summed E-state index contributed by atoms with van der Waals surface area (Å²) in [5, 5.41) is 3.00. The molecule has 4 rings (SSSR count). The molecule has 8 nitrogen and oxygen atoms in total. The fourth-order valence-corrected chi connectivity index (χ4v) is 3.79. The van der Waals surface area contributed by atoms with Crippen LogP contribution in [0.1, 0.15) is 39.2 Å². The third kappa shape index (κ3) is 5.07. The second kappa shape index (κ2) is 8.98. The van der Waals surface area contributed by atoms with E-state index in [1.165, 1.54) is 0 Å². The molecular weight excluding hydrogens is 406 g/mol. The molecule has 32 heavy (non-hydrogen) atoms. The second-order valence-corrected chi connectivity index (χ2v) is 9.09. The number of aromatic nitrogens is 3. The van der Waals surface area contributed by atoms with Gasteiger partial charge in [-0.3, -0.25) is 9.36 Å². The Morgan fingerprint density at radius 1 is 1.09 bits per heavy atom. The molecule has 0 aliphatic carbocycles. The van der Waals surface area contributed by atoms with Crippen LogP contribution in [0.2, 0.25) is 0 Å². The Bertz CT molecular complexity index is 1090. The molecule has 2 aromatic heterocycles. The molecule has 168 valence electrons. The van der Waals surface area contributed by atoms with Gasteiger partial charge in [0.25, 0.3) is 0 Å². The van der Waals surface area contributed by atoms with Crippen molar-refractivity contribution in [3.63, 3.8) is 0 Å². The highest BCUT2D eigenvalue weighted by Crippen LogP contribution is 2.20. The van der Waals surface area contributed by atoms with Gasteiger partial charge in [0, 0.05) is 31.7 Å². The Kier molecular flexibility index (Phi) is 6.12. The van der Waals surface area contributed by atoms with Crippen molar-refractivity contribution in [2.75, 3.05) is 13.1 Å². The fraction of sp³-hybridized carbons (Fsp3) is 0.417. The first-order valence-electron chi connectivity index (χ1n) is 10.9. The average molecular weight is 436 g/mol. The van der Waals surface area contributed by atoms with Gasteiger partial charge in [0.05, 0.1) is 11.0 Å². The van der Waals surface area contributed by atoms with E-state index < -0.39 is 5.60 Å². The van der Waals surface area contributed by atoms with Crippen molar-refractivity contribution in [2.24, 2.45) is 5.92 Å². The molecule has 3 heterocycles. The monoisotopic (exact) mass is 435 g/mol. The molecule has 0 unspecified atom stereocenters. The number of piperidine rings is 1. The third-order valence-electron chi connectivity index (χ3n) is 5.49. The van der Waals surface area contributed by atoms with Crippen LogP contribution in [0.3, 0.4) is 0 Å². The molecule has 2 amide bonds. The average Bonchev–Trinajstić information content (AvgIpc) is 3.21. The Labute approximate surface area is 187 Å². The summed E-state index contributed by atoms with van der Waals surface area (Å²) in [5.74, 6) is 0.694. The van der Waals surface area contributed by atoms with E-state index in [0.29, 0.717) is 32.5 Å². The number of pyridine rings is 1. The van der Waals surface area contributed by atoms with Gasteiger partial charge in [-0.05, 0) is 57.4 Å². The Balaban J connectivity index is 1.28. The van der Waals surface area contributed by atoms with E-state index in [1.807, 2.05) is 61.7 Å². The molecule has 0 spiro atoms. The van der Waals surface area contributed by atoms with Crippen LogP contribution in [-0.4, -0.2) is 50.1 Å². The van der Waals surface area contributed by atoms with Crippen molar-refractivity contribution in [1.82, 2.24) is 24.8 Å². The van der Waals surface area contributed by atoms with E-state index in [4.69, 9.17) is 4.74 Å². The van der Waals surface area contributed by atoms with Crippen LogP contribution in [0.15, 0.2) is 48.9 Å². The SMILES string of the molecule is CC(C)(C)OC(=O)N1CCC(C(=O)NCc2ccc(-n3cnc4ccccc43)nc2)CC1. The molecule has 8 heteroatoms. The molecule has 0 radical (unpaired) electrons. The maximum Gasteiger partial charge on any atom is 0.410 e. The van der Waals surface area contributed by atoms with Gasteiger partial charge in [-0.25, -0.2) is 14.8 Å². The first kappa shape index (κ1) is 21.8. The van der Waals surface area contributed by atoms with Crippen molar-refractivity contribution >= 4 is 23.0 Å². The Hall–Kier alpha value is -3.42.